The SMILES string of the molecule is CC1CCCCN1C(=O)Cn1c(=O)n(CCc2ccccc2)c(=O)c2ccccc21. The van der Waals surface area contributed by atoms with Gasteiger partial charge in [-0.3, -0.25) is 18.7 Å². The van der Waals surface area contributed by atoms with E-state index in [0.717, 1.165) is 31.4 Å². The summed E-state index contributed by atoms with van der Waals surface area (Å²) in [6.45, 7) is 3.01. The average molecular weight is 405 g/mol. The molecule has 1 fully saturated rings. The van der Waals surface area contributed by atoms with E-state index in [9.17, 15) is 14.4 Å². The van der Waals surface area contributed by atoms with Crippen molar-refractivity contribution in [2.45, 2.75) is 51.7 Å². The van der Waals surface area contributed by atoms with E-state index in [-0.39, 0.29) is 30.6 Å². The number of hydrogen-bond acceptors (Lipinski definition) is 3. The maximum Gasteiger partial charge on any atom is 0.331 e. The Morgan fingerprint density at radius 3 is 2.47 bits per heavy atom. The van der Waals surface area contributed by atoms with Crippen molar-refractivity contribution in [1.82, 2.24) is 14.0 Å². The van der Waals surface area contributed by atoms with Crippen LogP contribution in [0, 0.1) is 0 Å². The Bertz CT molecular complexity index is 1160. The molecule has 0 saturated carbocycles. The molecule has 2 aromatic carbocycles. The lowest BCUT2D eigenvalue weighted by molar-refractivity contribution is -0.135. The third-order valence-corrected chi connectivity index (χ3v) is 6.02. The highest BCUT2D eigenvalue weighted by Crippen LogP contribution is 2.17. The van der Waals surface area contributed by atoms with Gasteiger partial charge >= 0.3 is 5.69 Å². The van der Waals surface area contributed by atoms with Gasteiger partial charge in [-0.25, -0.2) is 4.79 Å². The number of amides is 1. The summed E-state index contributed by atoms with van der Waals surface area (Å²) in [4.78, 5) is 41.2. The van der Waals surface area contributed by atoms with Crippen LogP contribution in [-0.4, -0.2) is 32.5 Å². The number of aromatic nitrogens is 2. The lowest BCUT2D eigenvalue weighted by Crippen LogP contribution is -2.47. The molecule has 1 aliphatic heterocycles. The van der Waals surface area contributed by atoms with Gasteiger partial charge in [0, 0.05) is 19.1 Å². The maximum atomic E-state index is 13.3. The largest absolute Gasteiger partial charge is 0.338 e. The van der Waals surface area contributed by atoms with Gasteiger partial charge in [0.05, 0.1) is 10.9 Å². The molecule has 30 heavy (non-hydrogen) atoms. The number of benzene rings is 2. The fraction of sp³-hybridized carbons (Fsp3) is 0.375. The molecular weight excluding hydrogens is 378 g/mol. The van der Waals surface area contributed by atoms with Gasteiger partial charge in [-0.1, -0.05) is 42.5 Å². The lowest BCUT2D eigenvalue weighted by Gasteiger charge is -2.33. The average Bonchev–Trinajstić information content (AvgIpc) is 2.77. The molecule has 6 nitrogen and oxygen atoms in total. The molecule has 2 heterocycles. The van der Waals surface area contributed by atoms with Crippen LogP contribution in [0.15, 0.2) is 64.2 Å². The smallest absolute Gasteiger partial charge is 0.331 e. The predicted octanol–water partition coefficient (Wildman–Crippen LogP) is 2.81. The molecule has 6 heteroatoms. The van der Waals surface area contributed by atoms with E-state index in [0.29, 0.717) is 17.3 Å². The minimum Gasteiger partial charge on any atom is -0.338 e. The van der Waals surface area contributed by atoms with Gasteiger partial charge in [0.2, 0.25) is 5.91 Å². The van der Waals surface area contributed by atoms with Gasteiger partial charge < -0.3 is 4.90 Å². The quantitative estimate of drug-likeness (QED) is 0.656. The van der Waals surface area contributed by atoms with E-state index in [4.69, 9.17) is 0 Å². The minimum absolute atomic E-state index is 0.0463. The van der Waals surface area contributed by atoms with Crippen LogP contribution >= 0.6 is 0 Å². The molecule has 0 spiro atoms. The highest BCUT2D eigenvalue weighted by Gasteiger charge is 2.24. The first-order valence-corrected chi connectivity index (χ1v) is 10.6. The molecule has 1 atom stereocenters. The summed E-state index contributed by atoms with van der Waals surface area (Å²) >= 11 is 0. The molecular formula is C24H27N3O3. The summed E-state index contributed by atoms with van der Waals surface area (Å²) in [5, 5.41) is 0.463. The Morgan fingerprint density at radius 1 is 0.967 bits per heavy atom. The van der Waals surface area contributed by atoms with Crippen LogP contribution in [0.5, 0.6) is 0 Å². The molecule has 1 saturated heterocycles. The number of para-hydroxylation sites is 1. The van der Waals surface area contributed by atoms with Gasteiger partial charge in [-0.05, 0) is 50.3 Å². The molecule has 0 bridgehead atoms. The number of piperidine rings is 1. The van der Waals surface area contributed by atoms with Crippen molar-refractivity contribution in [3.05, 3.63) is 81.0 Å². The Kier molecular flexibility index (Phi) is 5.84. The Hall–Kier alpha value is -3.15. The molecule has 1 aliphatic rings. The second kappa shape index (κ2) is 8.69. The van der Waals surface area contributed by atoms with Crippen LogP contribution in [0.2, 0.25) is 0 Å². The first-order chi connectivity index (χ1) is 14.6. The monoisotopic (exact) mass is 405 g/mol. The number of likely N-dealkylation sites (tertiary alicyclic amines) is 1. The third-order valence-electron chi connectivity index (χ3n) is 6.02. The lowest BCUT2D eigenvalue weighted by atomic mass is 10.0. The second-order valence-corrected chi connectivity index (χ2v) is 8.01. The molecule has 1 aromatic heterocycles. The van der Waals surface area contributed by atoms with E-state index in [1.165, 1.54) is 9.13 Å². The zero-order valence-electron chi connectivity index (χ0n) is 17.3. The number of carbonyl (C=O) groups excluding carboxylic acids is 1. The number of carbonyl (C=O) groups is 1. The minimum atomic E-state index is -0.423. The van der Waals surface area contributed by atoms with Crippen LogP contribution in [-0.2, 0) is 24.3 Å². The van der Waals surface area contributed by atoms with Gasteiger partial charge in [0.1, 0.15) is 6.54 Å². The topological polar surface area (TPSA) is 64.3 Å². The van der Waals surface area contributed by atoms with Crippen LogP contribution in [0.25, 0.3) is 10.9 Å². The Morgan fingerprint density at radius 2 is 1.70 bits per heavy atom. The van der Waals surface area contributed by atoms with Crippen molar-refractivity contribution >= 4 is 16.8 Å². The van der Waals surface area contributed by atoms with Gasteiger partial charge in [0.15, 0.2) is 0 Å². The summed E-state index contributed by atoms with van der Waals surface area (Å²) in [7, 11) is 0. The zero-order valence-corrected chi connectivity index (χ0v) is 17.3. The first-order valence-electron chi connectivity index (χ1n) is 10.6. The van der Waals surface area contributed by atoms with E-state index < -0.39 is 5.69 Å². The van der Waals surface area contributed by atoms with Crippen molar-refractivity contribution in [2.24, 2.45) is 0 Å². The molecule has 4 rings (SSSR count). The van der Waals surface area contributed by atoms with Crippen molar-refractivity contribution in [3.8, 4) is 0 Å². The van der Waals surface area contributed by atoms with Crippen LogP contribution in [0.3, 0.4) is 0 Å². The summed E-state index contributed by atoms with van der Waals surface area (Å²) < 4.78 is 2.73. The van der Waals surface area contributed by atoms with Crippen molar-refractivity contribution in [3.63, 3.8) is 0 Å². The fourth-order valence-corrected chi connectivity index (χ4v) is 4.30. The maximum absolute atomic E-state index is 13.3. The number of aryl methyl sites for hydroxylation is 1. The summed E-state index contributed by atoms with van der Waals surface area (Å²) in [6.07, 6.45) is 3.67. The molecule has 3 aromatic rings. The molecule has 1 unspecified atom stereocenters. The molecule has 1 amide bonds. The number of rotatable bonds is 5. The zero-order chi connectivity index (χ0) is 21.1. The van der Waals surface area contributed by atoms with Crippen LogP contribution in [0.4, 0.5) is 0 Å². The number of hydrogen-bond donors (Lipinski definition) is 0. The first kappa shape index (κ1) is 20.1. The Balaban J connectivity index is 1.72. The second-order valence-electron chi connectivity index (χ2n) is 8.01. The third kappa shape index (κ3) is 3.95. The highest BCUT2D eigenvalue weighted by atomic mass is 16.2. The van der Waals surface area contributed by atoms with Crippen LogP contribution in [0.1, 0.15) is 31.7 Å². The summed E-state index contributed by atoms with van der Waals surface area (Å²) in [5.41, 5.74) is 0.845. The van der Waals surface area contributed by atoms with Crippen molar-refractivity contribution in [2.75, 3.05) is 6.54 Å². The molecule has 156 valence electrons. The highest BCUT2D eigenvalue weighted by molar-refractivity contribution is 5.81. The molecule has 0 radical (unpaired) electrons. The molecule has 0 aliphatic carbocycles. The van der Waals surface area contributed by atoms with Crippen LogP contribution < -0.4 is 11.2 Å². The predicted molar refractivity (Wildman–Crippen MR) is 118 cm³/mol. The van der Waals surface area contributed by atoms with Crippen molar-refractivity contribution < 1.29 is 4.79 Å². The normalized spacial score (nSPS) is 16.7. The number of fused-ring (bicyclic) bond motifs is 1. The fourth-order valence-electron chi connectivity index (χ4n) is 4.30. The van der Waals surface area contributed by atoms with E-state index in [1.54, 1.807) is 24.3 Å². The van der Waals surface area contributed by atoms with E-state index in [1.807, 2.05) is 35.2 Å². The van der Waals surface area contributed by atoms with E-state index >= 15 is 0 Å². The standard InChI is InChI=1S/C24H27N3O3/c1-18-9-7-8-15-25(18)22(28)17-27-21-13-6-5-12-20(21)23(29)26(24(27)30)16-14-19-10-3-2-4-11-19/h2-6,10-13,18H,7-9,14-17H2,1H3. The summed E-state index contributed by atoms with van der Waals surface area (Å²) in [6, 6.07) is 17.0. The Labute approximate surface area is 175 Å². The van der Waals surface area contributed by atoms with E-state index in [2.05, 4.69) is 6.92 Å². The van der Waals surface area contributed by atoms with Gasteiger partial charge in [-0.2, -0.15) is 0 Å². The van der Waals surface area contributed by atoms with Gasteiger partial charge in [-0.15, -0.1) is 0 Å². The molecule has 0 N–H and O–H groups in total. The van der Waals surface area contributed by atoms with Crippen molar-refractivity contribution in [1.29, 1.82) is 0 Å². The van der Waals surface area contributed by atoms with Gasteiger partial charge in [0.25, 0.3) is 5.56 Å². The summed E-state index contributed by atoms with van der Waals surface area (Å²) in [5.74, 6) is -0.0669. The number of nitrogens with zero attached hydrogens (tertiary/aromatic N) is 3.